The van der Waals surface area contributed by atoms with Gasteiger partial charge in [-0.15, -0.1) is 5.10 Å². The van der Waals surface area contributed by atoms with Crippen LogP contribution in [-0.4, -0.2) is 24.9 Å². The van der Waals surface area contributed by atoms with Gasteiger partial charge in [0.25, 0.3) is 0 Å². The number of benzene rings is 2. The van der Waals surface area contributed by atoms with Gasteiger partial charge in [0.05, 0.1) is 5.75 Å². The highest BCUT2D eigenvalue weighted by Crippen LogP contribution is 2.23. The Kier molecular flexibility index (Phi) is 5.73. The molecule has 9 heteroatoms. The molecule has 0 bridgehead atoms. The van der Waals surface area contributed by atoms with Gasteiger partial charge in [-0.2, -0.15) is 4.98 Å². The number of halogens is 1. The molecule has 7 nitrogen and oxygen atoms in total. The Balaban J connectivity index is 1.42. The Labute approximate surface area is 173 Å². The van der Waals surface area contributed by atoms with Crippen LogP contribution in [0.3, 0.4) is 0 Å². The normalized spacial score (nSPS) is 11.0. The fourth-order valence-electron chi connectivity index (χ4n) is 2.68. The zero-order valence-corrected chi connectivity index (χ0v) is 17.1. The number of nitrogens with one attached hydrogen (secondary N) is 1. The Hall–Kier alpha value is -2.65. The molecule has 0 spiro atoms. The largest absolute Gasteiger partial charge is 0.343 e. The molecule has 2 aromatic heterocycles. The highest BCUT2D eigenvalue weighted by molar-refractivity contribution is 9.10. The van der Waals surface area contributed by atoms with Gasteiger partial charge in [0.2, 0.25) is 11.7 Å². The number of aromatic amines is 1. The Morgan fingerprint density at radius 1 is 1.14 bits per heavy atom. The van der Waals surface area contributed by atoms with Crippen molar-refractivity contribution in [2.24, 2.45) is 0 Å². The lowest BCUT2D eigenvalue weighted by atomic mass is 10.1. The van der Waals surface area contributed by atoms with Gasteiger partial charge in [0, 0.05) is 16.6 Å². The number of rotatable bonds is 7. The predicted octanol–water partition coefficient (Wildman–Crippen LogP) is 3.92. The third-order valence-corrected chi connectivity index (χ3v) is 5.52. The number of nitrogens with zero attached hydrogens (tertiary/aromatic N) is 4. The van der Waals surface area contributed by atoms with Crippen molar-refractivity contribution >= 4 is 27.7 Å². The molecule has 0 atom stereocenters. The average molecular weight is 458 g/mol. The molecule has 0 aliphatic rings. The molecule has 2 aromatic carbocycles. The summed E-state index contributed by atoms with van der Waals surface area (Å²) in [6, 6.07) is 17.7. The molecule has 28 heavy (non-hydrogen) atoms. The second kappa shape index (κ2) is 8.57. The number of hydrogen-bond donors (Lipinski definition) is 1. The third-order valence-electron chi connectivity index (χ3n) is 4.07. The van der Waals surface area contributed by atoms with Crippen molar-refractivity contribution < 1.29 is 4.52 Å². The number of aromatic nitrogens is 5. The summed E-state index contributed by atoms with van der Waals surface area (Å²) in [7, 11) is 0. The number of H-pyrrole nitrogens is 1. The molecule has 142 valence electrons. The Morgan fingerprint density at radius 3 is 2.82 bits per heavy atom. The number of thioether (sulfide) groups is 1. The Morgan fingerprint density at radius 2 is 2.00 bits per heavy atom. The van der Waals surface area contributed by atoms with E-state index >= 15 is 0 Å². The first kappa shape index (κ1) is 18.7. The van der Waals surface area contributed by atoms with Crippen molar-refractivity contribution in [3.63, 3.8) is 0 Å². The van der Waals surface area contributed by atoms with Gasteiger partial charge in [-0.1, -0.05) is 75.3 Å². The molecule has 4 rings (SSSR count). The van der Waals surface area contributed by atoms with Gasteiger partial charge in [-0.25, -0.2) is 9.89 Å². The smallest absolute Gasteiger partial charge is 0.338 e. The van der Waals surface area contributed by atoms with Crippen LogP contribution in [0.15, 0.2) is 73.5 Å². The fraction of sp³-hybridized carbons (Fsp3) is 0.158. The molecule has 0 saturated heterocycles. The van der Waals surface area contributed by atoms with Crippen molar-refractivity contribution in [3.8, 4) is 11.4 Å². The van der Waals surface area contributed by atoms with E-state index < -0.39 is 0 Å². The van der Waals surface area contributed by atoms with Crippen molar-refractivity contribution in [1.82, 2.24) is 24.9 Å². The van der Waals surface area contributed by atoms with Gasteiger partial charge in [0.15, 0.2) is 5.16 Å². The van der Waals surface area contributed by atoms with Crippen molar-refractivity contribution in [2.75, 3.05) is 0 Å². The van der Waals surface area contributed by atoms with Gasteiger partial charge >= 0.3 is 5.69 Å². The van der Waals surface area contributed by atoms with Gasteiger partial charge in [-0.3, -0.25) is 4.57 Å². The van der Waals surface area contributed by atoms with Gasteiger partial charge in [0.1, 0.15) is 0 Å². The quantitative estimate of drug-likeness (QED) is 0.423. The highest BCUT2D eigenvalue weighted by Gasteiger charge is 2.13. The average Bonchev–Trinajstić information content (AvgIpc) is 3.32. The fourth-order valence-corrected chi connectivity index (χ4v) is 3.89. The summed E-state index contributed by atoms with van der Waals surface area (Å²) in [6.07, 6.45) is 0.751. The predicted molar refractivity (Wildman–Crippen MR) is 110 cm³/mol. The minimum absolute atomic E-state index is 0.223. The summed E-state index contributed by atoms with van der Waals surface area (Å²) in [4.78, 5) is 16.5. The van der Waals surface area contributed by atoms with E-state index in [0.29, 0.717) is 29.2 Å². The highest BCUT2D eigenvalue weighted by atomic mass is 79.9. The van der Waals surface area contributed by atoms with Gasteiger partial charge < -0.3 is 4.52 Å². The molecule has 0 aliphatic carbocycles. The van der Waals surface area contributed by atoms with Crippen LogP contribution in [0.2, 0.25) is 0 Å². The van der Waals surface area contributed by atoms with Crippen LogP contribution >= 0.6 is 27.7 Å². The first-order valence-electron chi connectivity index (χ1n) is 8.59. The summed E-state index contributed by atoms with van der Waals surface area (Å²) in [6.45, 7) is 0.550. The lowest BCUT2D eigenvalue weighted by Gasteiger charge is -2.04. The molecule has 0 unspecified atom stereocenters. The van der Waals surface area contributed by atoms with E-state index in [1.165, 1.54) is 17.3 Å². The molecular weight excluding hydrogens is 442 g/mol. The van der Waals surface area contributed by atoms with E-state index in [0.717, 1.165) is 16.5 Å². The van der Waals surface area contributed by atoms with E-state index in [1.807, 2.05) is 54.6 Å². The lowest BCUT2D eigenvalue weighted by Crippen LogP contribution is -2.18. The zero-order chi connectivity index (χ0) is 19.3. The third kappa shape index (κ3) is 4.42. The molecule has 0 saturated carbocycles. The molecule has 0 amide bonds. The number of hydrogen-bond acceptors (Lipinski definition) is 6. The van der Waals surface area contributed by atoms with Crippen LogP contribution in [0.1, 0.15) is 11.5 Å². The molecular formula is C19H16BrN5O2S. The van der Waals surface area contributed by atoms with Crippen LogP contribution in [0, 0.1) is 0 Å². The molecule has 0 aliphatic heterocycles. The monoisotopic (exact) mass is 457 g/mol. The van der Waals surface area contributed by atoms with Crippen LogP contribution < -0.4 is 5.69 Å². The second-order valence-electron chi connectivity index (χ2n) is 6.01. The van der Waals surface area contributed by atoms with Crippen molar-refractivity contribution in [2.45, 2.75) is 23.9 Å². The summed E-state index contributed by atoms with van der Waals surface area (Å²) in [5.41, 5.74) is 1.81. The molecule has 4 aromatic rings. The van der Waals surface area contributed by atoms with Gasteiger partial charge in [-0.05, 0) is 24.1 Å². The maximum absolute atomic E-state index is 12.1. The zero-order valence-electron chi connectivity index (χ0n) is 14.7. The first-order chi connectivity index (χ1) is 13.7. The van der Waals surface area contributed by atoms with E-state index in [4.69, 9.17) is 4.52 Å². The molecule has 1 N–H and O–H groups in total. The van der Waals surface area contributed by atoms with Crippen LogP contribution in [0.5, 0.6) is 0 Å². The van der Waals surface area contributed by atoms with Crippen molar-refractivity contribution in [3.05, 3.63) is 81.0 Å². The molecule has 0 fully saturated rings. The van der Waals surface area contributed by atoms with Crippen LogP contribution in [0.25, 0.3) is 11.4 Å². The van der Waals surface area contributed by atoms with E-state index in [2.05, 4.69) is 36.3 Å². The maximum atomic E-state index is 12.1. The standard InChI is InChI=1S/C19H16BrN5O2S/c20-15-8-4-7-14(11-15)17-21-16(27-24-17)12-28-19-23-22-18(26)25(19)10-9-13-5-2-1-3-6-13/h1-8,11H,9-10,12H2,(H,22,26). The first-order valence-corrected chi connectivity index (χ1v) is 10.4. The molecule has 0 radical (unpaired) electrons. The van der Waals surface area contributed by atoms with Crippen LogP contribution in [-0.2, 0) is 18.7 Å². The van der Waals surface area contributed by atoms with E-state index in [9.17, 15) is 4.79 Å². The van der Waals surface area contributed by atoms with Crippen LogP contribution in [0.4, 0.5) is 0 Å². The summed E-state index contributed by atoms with van der Waals surface area (Å²) in [5.74, 6) is 1.43. The topological polar surface area (TPSA) is 89.6 Å². The summed E-state index contributed by atoms with van der Waals surface area (Å²) < 4.78 is 7.91. The maximum Gasteiger partial charge on any atom is 0.343 e. The van der Waals surface area contributed by atoms with E-state index in [1.54, 1.807) is 4.57 Å². The van der Waals surface area contributed by atoms with E-state index in [-0.39, 0.29) is 5.69 Å². The van der Waals surface area contributed by atoms with Crippen molar-refractivity contribution in [1.29, 1.82) is 0 Å². The summed E-state index contributed by atoms with van der Waals surface area (Å²) >= 11 is 4.82. The lowest BCUT2D eigenvalue weighted by molar-refractivity contribution is 0.391. The molecule has 2 heterocycles. The summed E-state index contributed by atoms with van der Waals surface area (Å²) in [5, 5.41) is 11.3. The Bertz CT molecular complexity index is 1120. The number of aryl methyl sites for hydroxylation is 1. The SMILES string of the molecule is O=c1[nH]nc(SCc2nc(-c3cccc(Br)c3)no2)n1CCc1ccccc1. The minimum Gasteiger partial charge on any atom is -0.338 e. The minimum atomic E-state index is -0.223. The second-order valence-corrected chi connectivity index (χ2v) is 7.87.